The molecule has 0 radical (unpaired) electrons. The maximum absolute atomic E-state index is 13.1. The van der Waals surface area contributed by atoms with Gasteiger partial charge in [0.2, 0.25) is 5.91 Å². The first-order valence-electron chi connectivity index (χ1n) is 7.27. The van der Waals surface area contributed by atoms with Crippen molar-refractivity contribution < 1.29 is 18.7 Å². The number of hydrogen-bond acceptors (Lipinski definition) is 4. The predicted molar refractivity (Wildman–Crippen MR) is 95.9 cm³/mol. The lowest BCUT2D eigenvalue weighted by Crippen LogP contribution is -2.16. The van der Waals surface area contributed by atoms with Crippen LogP contribution in [0.5, 0.6) is 0 Å². The van der Waals surface area contributed by atoms with Crippen LogP contribution in [0.15, 0.2) is 36.4 Å². The molecule has 132 valence electrons. The van der Waals surface area contributed by atoms with Gasteiger partial charge in [-0.3, -0.25) is 4.79 Å². The van der Waals surface area contributed by atoms with Crippen LogP contribution in [0.25, 0.3) is 0 Å². The molecule has 0 spiro atoms. The molecule has 0 aliphatic carbocycles. The van der Waals surface area contributed by atoms with Crippen molar-refractivity contribution in [1.82, 2.24) is 0 Å². The minimum absolute atomic E-state index is 0.0673. The summed E-state index contributed by atoms with van der Waals surface area (Å²) in [4.78, 5) is 23.4. The Labute approximate surface area is 154 Å². The summed E-state index contributed by atoms with van der Waals surface area (Å²) in [6.07, 6.45) is 0.133. The summed E-state index contributed by atoms with van der Waals surface area (Å²) >= 11 is 11.7. The molecule has 0 saturated carbocycles. The highest BCUT2D eigenvalue weighted by Gasteiger charge is 2.10. The van der Waals surface area contributed by atoms with Crippen LogP contribution < -0.4 is 10.6 Å². The number of halogens is 3. The second-order valence-electron chi connectivity index (χ2n) is 5.04. The van der Waals surface area contributed by atoms with Crippen LogP contribution in [0.3, 0.4) is 0 Å². The van der Waals surface area contributed by atoms with Crippen LogP contribution in [0.4, 0.5) is 15.8 Å². The van der Waals surface area contributed by atoms with Crippen LogP contribution in [0, 0.1) is 5.82 Å². The molecule has 0 aliphatic heterocycles. The monoisotopic (exact) mass is 384 g/mol. The van der Waals surface area contributed by atoms with Crippen molar-refractivity contribution in [3.8, 4) is 0 Å². The SMILES string of the molecule is COC(=O)c1ccc(Cl)c(NCCC(=O)Nc2ccc(F)c(Cl)c2)c1. The van der Waals surface area contributed by atoms with E-state index >= 15 is 0 Å². The zero-order valence-corrected chi connectivity index (χ0v) is 14.7. The zero-order valence-electron chi connectivity index (χ0n) is 13.2. The van der Waals surface area contributed by atoms with E-state index in [0.29, 0.717) is 22.0 Å². The van der Waals surface area contributed by atoms with Gasteiger partial charge in [0.15, 0.2) is 0 Å². The van der Waals surface area contributed by atoms with Crippen molar-refractivity contribution in [2.45, 2.75) is 6.42 Å². The Morgan fingerprint density at radius 2 is 1.88 bits per heavy atom. The Morgan fingerprint density at radius 3 is 2.56 bits per heavy atom. The van der Waals surface area contributed by atoms with Gasteiger partial charge in [-0.05, 0) is 36.4 Å². The second-order valence-corrected chi connectivity index (χ2v) is 5.85. The van der Waals surface area contributed by atoms with Gasteiger partial charge in [-0.15, -0.1) is 0 Å². The van der Waals surface area contributed by atoms with Crippen LogP contribution >= 0.6 is 23.2 Å². The number of methoxy groups -OCH3 is 1. The normalized spacial score (nSPS) is 10.2. The maximum Gasteiger partial charge on any atom is 0.337 e. The standard InChI is InChI=1S/C17H15Cl2FN2O3/c1-25-17(24)10-2-4-12(18)15(8-10)21-7-6-16(23)22-11-3-5-14(20)13(19)9-11/h2-5,8-9,21H,6-7H2,1H3,(H,22,23). The van der Waals surface area contributed by atoms with Crippen molar-refractivity contribution in [2.75, 3.05) is 24.3 Å². The number of anilines is 2. The van der Waals surface area contributed by atoms with Crippen molar-refractivity contribution in [2.24, 2.45) is 0 Å². The van der Waals surface area contributed by atoms with Gasteiger partial charge in [0.05, 0.1) is 28.4 Å². The third-order valence-electron chi connectivity index (χ3n) is 3.26. The first kappa shape index (κ1) is 19.0. The van der Waals surface area contributed by atoms with Crippen molar-refractivity contribution in [3.63, 3.8) is 0 Å². The fourth-order valence-corrected chi connectivity index (χ4v) is 2.38. The summed E-state index contributed by atoms with van der Waals surface area (Å²) in [5.74, 6) is -1.32. The number of ether oxygens (including phenoxy) is 1. The number of benzene rings is 2. The molecule has 2 aromatic rings. The van der Waals surface area contributed by atoms with Crippen LogP contribution in [0.1, 0.15) is 16.8 Å². The number of esters is 1. The fourth-order valence-electron chi connectivity index (χ4n) is 2.01. The summed E-state index contributed by atoms with van der Waals surface area (Å²) in [7, 11) is 1.29. The number of hydrogen-bond donors (Lipinski definition) is 2. The third kappa shape index (κ3) is 5.34. The van der Waals surface area contributed by atoms with E-state index in [-0.39, 0.29) is 23.9 Å². The Kier molecular flexibility index (Phi) is 6.61. The molecule has 2 rings (SSSR count). The minimum atomic E-state index is -0.554. The molecular weight excluding hydrogens is 370 g/mol. The van der Waals surface area contributed by atoms with E-state index in [4.69, 9.17) is 23.2 Å². The minimum Gasteiger partial charge on any atom is -0.465 e. The molecular formula is C17H15Cl2FN2O3. The van der Waals surface area contributed by atoms with Crippen molar-refractivity contribution in [3.05, 3.63) is 57.8 Å². The third-order valence-corrected chi connectivity index (χ3v) is 3.88. The molecule has 0 heterocycles. The smallest absolute Gasteiger partial charge is 0.337 e. The number of nitrogens with one attached hydrogen (secondary N) is 2. The van der Waals surface area contributed by atoms with Gasteiger partial charge in [0, 0.05) is 18.7 Å². The number of amides is 1. The van der Waals surface area contributed by atoms with Crippen molar-refractivity contribution in [1.29, 1.82) is 0 Å². The Balaban J connectivity index is 1.90. The Morgan fingerprint density at radius 1 is 1.12 bits per heavy atom. The molecule has 25 heavy (non-hydrogen) atoms. The molecule has 8 heteroatoms. The molecule has 0 unspecified atom stereocenters. The van der Waals surface area contributed by atoms with Gasteiger partial charge >= 0.3 is 5.97 Å². The first-order chi connectivity index (χ1) is 11.9. The molecule has 2 N–H and O–H groups in total. The first-order valence-corrected chi connectivity index (χ1v) is 8.03. The molecule has 0 fully saturated rings. The predicted octanol–water partition coefficient (Wildman–Crippen LogP) is 4.36. The molecule has 0 aromatic heterocycles. The largest absolute Gasteiger partial charge is 0.465 e. The summed E-state index contributed by atoms with van der Waals surface area (Å²) < 4.78 is 17.7. The Hall–Kier alpha value is -2.31. The van der Waals surface area contributed by atoms with E-state index < -0.39 is 11.8 Å². The van der Waals surface area contributed by atoms with E-state index in [1.54, 1.807) is 18.2 Å². The van der Waals surface area contributed by atoms with E-state index in [1.165, 1.54) is 25.3 Å². The molecule has 0 aliphatic rings. The van der Waals surface area contributed by atoms with Gasteiger partial charge in [-0.2, -0.15) is 0 Å². The fraction of sp³-hybridized carbons (Fsp3) is 0.176. The van der Waals surface area contributed by atoms with Gasteiger partial charge in [0.25, 0.3) is 0 Å². The van der Waals surface area contributed by atoms with Crippen molar-refractivity contribution >= 4 is 46.5 Å². The number of rotatable bonds is 6. The maximum atomic E-state index is 13.1. The lowest BCUT2D eigenvalue weighted by Gasteiger charge is -2.10. The molecule has 2 aromatic carbocycles. The van der Waals surface area contributed by atoms with Gasteiger partial charge < -0.3 is 15.4 Å². The number of carbonyl (C=O) groups excluding carboxylic acids is 2. The average molecular weight is 385 g/mol. The van der Waals surface area contributed by atoms with Crippen LogP contribution in [0.2, 0.25) is 10.0 Å². The molecule has 5 nitrogen and oxygen atoms in total. The highest BCUT2D eigenvalue weighted by atomic mass is 35.5. The highest BCUT2D eigenvalue weighted by Crippen LogP contribution is 2.23. The average Bonchev–Trinajstić information content (AvgIpc) is 2.59. The van der Waals surface area contributed by atoms with Crippen LogP contribution in [-0.2, 0) is 9.53 Å². The van der Waals surface area contributed by atoms with E-state index in [1.807, 2.05) is 0 Å². The summed E-state index contributed by atoms with van der Waals surface area (Å²) in [6, 6.07) is 8.59. The van der Waals surface area contributed by atoms with E-state index in [2.05, 4.69) is 15.4 Å². The lowest BCUT2D eigenvalue weighted by atomic mass is 10.2. The highest BCUT2D eigenvalue weighted by molar-refractivity contribution is 6.33. The van der Waals surface area contributed by atoms with E-state index in [0.717, 1.165) is 0 Å². The summed E-state index contributed by atoms with van der Waals surface area (Å²) in [5.41, 5.74) is 1.27. The number of carbonyl (C=O) groups is 2. The summed E-state index contributed by atoms with van der Waals surface area (Å²) in [5, 5.41) is 5.94. The van der Waals surface area contributed by atoms with Crippen LogP contribution in [-0.4, -0.2) is 25.5 Å². The quantitative estimate of drug-likeness (QED) is 0.726. The molecule has 0 saturated heterocycles. The second kappa shape index (κ2) is 8.69. The van der Waals surface area contributed by atoms with Gasteiger partial charge in [0.1, 0.15) is 5.82 Å². The van der Waals surface area contributed by atoms with Gasteiger partial charge in [-0.25, -0.2) is 9.18 Å². The topological polar surface area (TPSA) is 67.4 Å². The zero-order chi connectivity index (χ0) is 18.4. The summed E-state index contributed by atoms with van der Waals surface area (Å²) in [6.45, 7) is 0.283. The van der Waals surface area contributed by atoms with Gasteiger partial charge in [-0.1, -0.05) is 23.2 Å². The molecule has 1 amide bonds. The lowest BCUT2D eigenvalue weighted by molar-refractivity contribution is -0.115. The Bertz CT molecular complexity index is 799. The molecule has 0 atom stereocenters. The van der Waals surface area contributed by atoms with E-state index in [9.17, 15) is 14.0 Å². The molecule has 0 bridgehead atoms.